The molecule has 3 aliphatic rings. The summed E-state index contributed by atoms with van der Waals surface area (Å²) in [4.78, 5) is 2.70. The normalized spacial score (nSPS) is 45.4. The highest BCUT2D eigenvalue weighted by Gasteiger charge is 2.49. The average Bonchev–Trinajstić information content (AvgIpc) is 2.72. The Bertz CT molecular complexity index is 234. The zero-order valence-electron chi connectivity index (χ0n) is 9.33. The van der Waals surface area contributed by atoms with Gasteiger partial charge in [0.25, 0.3) is 0 Å². The molecule has 0 radical (unpaired) electrons. The Morgan fingerprint density at radius 3 is 2.86 bits per heavy atom. The molecule has 0 bridgehead atoms. The van der Waals surface area contributed by atoms with E-state index in [1.165, 1.54) is 32.4 Å². The predicted octanol–water partition coefficient (Wildman–Crippen LogP) is 1.90. The second kappa shape index (κ2) is 2.96. The molecule has 3 atom stereocenters. The molecule has 0 aromatic carbocycles. The van der Waals surface area contributed by atoms with Gasteiger partial charge in [-0.15, -0.1) is 0 Å². The lowest BCUT2D eigenvalue weighted by atomic mass is 9.80. The fourth-order valence-electron chi connectivity index (χ4n) is 3.68. The van der Waals surface area contributed by atoms with Crippen LogP contribution in [0.1, 0.15) is 33.1 Å². The lowest BCUT2D eigenvalue weighted by Gasteiger charge is -2.24. The van der Waals surface area contributed by atoms with E-state index < -0.39 is 0 Å². The minimum Gasteiger partial charge on any atom is -0.372 e. The smallest absolute Gasteiger partial charge is 0.0936 e. The van der Waals surface area contributed by atoms with Gasteiger partial charge in [-0.2, -0.15) is 0 Å². The fraction of sp³-hybridized carbons (Fsp3) is 1.00. The average molecular weight is 195 g/mol. The Hall–Kier alpha value is -0.0800. The maximum atomic E-state index is 5.35. The zero-order chi connectivity index (χ0) is 9.76. The van der Waals surface area contributed by atoms with E-state index in [1.807, 2.05) is 0 Å². The van der Waals surface area contributed by atoms with Crippen molar-refractivity contribution in [2.45, 2.75) is 45.3 Å². The van der Waals surface area contributed by atoms with E-state index in [-0.39, 0.29) is 0 Å². The van der Waals surface area contributed by atoms with Gasteiger partial charge in [-0.3, -0.25) is 4.90 Å². The van der Waals surface area contributed by atoms with Gasteiger partial charge in [0, 0.05) is 19.1 Å². The molecule has 80 valence electrons. The Labute approximate surface area is 86.6 Å². The van der Waals surface area contributed by atoms with Gasteiger partial charge in [0.05, 0.1) is 12.7 Å². The third-order valence-electron chi connectivity index (χ3n) is 4.40. The lowest BCUT2D eigenvalue weighted by molar-refractivity contribution is 0.213. The van der Waals surface area contributed by atoms with Crippen LogP contribution in [0.15, 0.2) is 0 Å². The van der Waals surface area contributed by atoms with Crippen molar-refractivity contribution in [3.05, 3.63) is 0 Å². The van der Waals surface area contributed by atoms with E-state index >= 15 is 0 Å². The number of hydrogen-bond acceptors (Lipinski definition) is 2. The molecule has 0 N–H and O–H groups in total. The summed E-state index contributed by atoms with van der Waals surface area (Å²) in [6.07, 6.45) is 4.91. The quantitative estimate of drug-likeness (QED) is 0.625. The van der Waals surface area contributed by atoms with Crippen molar-refractivity contribution < 1.29 is 4.74 Å². The first kappa shape index (κ1) is 9.17. The van der Waals surface area contributed by atoms with Crippen LogP contribution in [0.2, 0.25) is 0 Å². The largest absolute Gasteiger partial charge is 0.372 e. The van der Waals surface area contributed by atoms with Crippen LogP contribution in [-0.2, 0) is 4.74 Å². The molecular weight excluding hydrogens is 174 g/mol. The molecule has 3 fully saturated rings. The van der Waals surface area contributed by atoms with Crippen LogP contribution in [0.5, 0.6) is 0 Å². The van der Waals surface area contributed by atoms with Crippen molar-refractivity contribution in [3.63, 3.8) is 0 Å². The van der Waals surface area contributed by atoms with Crippen LogP contribution in [0.4, 0.5) is 0 Å². The summed E-state index contributed by atoms with van der Waals surface area (Å²) in [5.74, 6) is 0.959. The van der Waals surface area contributed by atoms with Crippen molar-refractivity contribution in [1.29, 1.82) is 0 Å². The van der Waals surface area contributed by atoms with E-state index in [0.717, 1.165) is 18.6 Å². The number of ether oxygens (including phenoxy) is 1. The second-order valence-corrected chi connectivity index (χ2v) is 5.98. The molecule has 0 amide bonds. The van der Waals surface area contributed by atoms with Crippen LogP contribution in [0, 0.1) is 11.3 Å². The van der Waals surface area contributed by atoms with Crippen LogP contribution in [0.3, 0.4) is 0 Å². The number of fused-ring (bicyclic) bond motifs is 1. The first-order chi connectivity index (χ1) is 6.67. The fourth-order valence-corrected chi connectivity index (χ4v) is 3.68. The maximum absolute atomic E-state index is 5.35. The van der Waals surface area contributed by atoms with E-state index in [4.69, 9.17) is 4.74 Å². The number of likely N-dealkylation sites (tertiary alicyclic amines) is 1. The van der Waals surface area contributed by atoms with Crippen molar-refractivity contribution >= 4 is 0 Å². The number of nitrogens with zero attached hydrogens (tertiary/aromatic N) is 1. The summed E-state index contributed by atoms with van der Waals surface area (Å²) in [6.45, 7) is 8.40. The summed E-state index contributed by atoms with van der Waals surface area (Å²) in [5, 5.41) is 0. The van der Waals surface area contributed by atoms with Gasteiger partial charge in [0.2, 0.25) is 0 Å². The molecule has 14 heavy (non-hydrogen) atoms. The van der Waals surface area contributed by atoms with E-state index in [0.29, 0.717) is 11.5 Å². The summed E-state index contributed by atoms with van der Waals surface area (Å²) in [6, 6.07) is 0.884. The highest BCUT2D eigenvalue weighted by atomic mass is 16.6. The van der Waals surface area contributed by atoms with Gasteiger partial charge >= 0.3 is 0 Å². The Morgan fingerprint density at radius 1 is 1.36 bits per heavy atom. The molecule has 3 rings (SSSR count). The van der Waals surface area contributed by atoms with Crippen LogP contribution < -0.4 is 0 Å². The van der Waals surface area contributed by atoms with E-state index in [2.05, 4.69) is 18.7 Å². The van der Waals surface area contributed by atoms with Gasteiger partial charge in [-0.05, 0) is 24.2 Å². The molecular formula is C12H21NO. The lowest BCUT2D eigenvalue weighted by Crippen LogP contribution is -2.33. The molecule has 0 aromatic rings. The van der Waals surface area contributed by atoms with Crippen molar-refractivity contribution in [2.75, 3.05) is 19.7 Å². The van der Waals surface area contributed by atoms with Gasteiger partial charge in [0.1, 0.15) is 0 Å². The van der Waals surface area contributed by atoms with Gasteiger partial charge in [-0.25, -0.2) is 0 Å². The standard InChI is InChI=1S/C12H21NO/c1-12(2)8-13(6-9-7-14-9)11-5-3-4-10(11)12/h9-11H,3-8H2,1-2H3. The summed E-state index contributed by atoms with van der Waals surface area (Å²) in [7, 11) is 0. The van der Waals surface area contributed by atoms with Crippen LogP contribution >= 0.6 is 0 Å². The van der Waals surface area contributed by atoms with Crippen molar-refractivity contribution in [1.82, 2.24) is 4.90 Å². The third kappa shape index (κ3) is 1.40. The monoisotopic (exact) mass is 195 g/mol. The summed E-state index contributed by atoms with van der Waals surface area (Å²) < 4.78 is 5.35. The minimum absolute atomic E-state index is 0.552. The topological polar surface area (TPSA) is 15.8 Å². The molecule has 3 unspecified atom stereocenters. The highest BCUT2D eigenvalue weighted by Crippen LogP contribution is 2.48. The number of epoxide rings is 1. The van der Waals surface area contributed by atoms with E-state index in [9.17, 15) is 0 Å². The molecule has 2 nitrogen and oxygen atoms in total. The molecule has 0 aromatic heterocycles. The number of rotatable bonds is 2. The molecule has 2 saturated heterocycles. The second-order valence-electron chi connectivity index (χ2n) is 5.98. The van der Waals surface area contributed by atoms with Gasteiger partial charge in [0.15, 0.2) is 0 Å². The molecule has 0 spiro atoms. The summed E-state index contributed by atoms with van der Waals surface area (Å²) >= 11 is 0. The van der Waals surface area contributed by atoms with Crippen LogP contribution in [0.25, 0.3) is 0 Å². The highest BCUT2D eigenvalue weighted by molar-refractivity contribution is 5.02. The summed E-state index contributed by atoms with van der Waals surface area (Å²) in [5.41, 5.74) is 0.552. The first-order valence-electron chi connectivity index (χ1n) is 6.02. The Morgan fingerprint density at radius 2 is 2.14 bits per heavy atom. The molecule has 2 heteroatoms. The molecule has 1 saturated carbocycles. The van der Waals surface area contributed by atoms with Crippen molar-refractivity contribution in [2.24, 2.45) is 11.3 Å². The molecule has 2 aliphatic heterocycles. The van der Waals surface area contributed by atoms with Crippen LogP contribution in [-0.4, -0.2) is 36.7 Å². The zero-order valence-corrected chi connectivity index (χ0v) is 9.33. The number of hydrogen-bond donors (Lipinski definition) is 0. The molecule has 1 aliphatic carbocycles. The Balaban J connectivity index is 1.73. The third-order valence-corrected chi connectivity index (χ3v) is 4.40. The van der Waals surface area contributed by atoms with Crippen molar-refractivity contribution in [3.8, 4) is 0 Å². The van der Waals surface area contributed by atoms with Gasteiger partial charge < -0.3 is 4.74 Å². The molecule has 2 heterocycles. The van der Waals surface area contributed by atoms with Gasteiger partial charge in [-0.1, -0.05) is 20.3 Å². The maximum Gasteiger partial charge on any atom is 0.0936 e. The minimum atomic E-state index is 0.552. The Kier molecular flexibility index (Phi) is 1.94. The first-order valence-corrected chi connectivity index (χ1v) is 6.02. The van der Waals surface area contributed by atoms with E-state index in [1.54, 1.807) is 0 Å². The predicted molar refractivity (Wildman–Crippen MR) is 56.2 cm³/mol. The SMILES string of the molecule is CC1(C)CN(CC2CO2)C2CCCC21.